The summed E-state index contributed by atoms with van der Waals surface area (Å²) in [6.45, 7) is 1.08. The van der Waals surface area contributed by atoms with Crippen LogP contribution in [-0.2, 0) is 0 Å². The lowest BCUT2D eigenvalue weighted by molar-refractivity contribution is -0.339. The van der Waals surface area contributed by atoms with E-state index >= 15 is 0 Å². The maximum Gasteiger partial charge on any atom is 0.460 e. The van der Waals surface area contributed by atoms with E-state index < -0.39 is 34.4 Å². The lowest BCUT2D eigenvalue weighted by Gasteiger charge is -2.27. The van der Waals surface area contributed by atoms with Crippen LogP contribution in [0.2, 0.25) is 5.02 Å². The number of ketones is 1. The number of alkyl halides is 7. The van der Waals surface area contributed by atoms with Crippen molar-refractivity contribution in [2.24, 2.45) is 0 Å². The van der Waals surface area contributed by atoms with Crippen LogP contribution in [0.5, 0.6) is 0 Å². The maximum absolute atomic E-state index is 13.3. The second-order valence-electron chi connectivity index (χ2n) is 3.91. The number of Topliss-reactive ketones (excluding diaryl/α,β-unsaturated/α-hetero) is 1. The summed E-state index contributed by atoms with van der Waals surface area (Å²) < 4.78 is 88.0. The Morgan fingerprint density at radius 3 is 1.95 bits per heavy atom. The van der Waals surface area contributed by atoms with Crippen LogP contribution in [0.3, 0.4) is 0 Å². The number of halogens is 8. The molecule has 9 heteroatoms. The Hall–Kier alpha value is -1.31. The molecular weight excluding hydrogens is 317 g/mol. The van der Waals surface area contributed by atoms with E-state index in [0.717, 1.165) is 19.1 Å². The largest absolute Gasteiger partial charge is 0.460 e. The third-order valence-electron chi connectivity index (χ3n) is 2.48. The number of rotatable bonds is 3. The number of hydrogen-bond donors (Lipinski definition) is 0. The summed E-state index contributed by atoms with van der Waals surface area (Å²) in [5, 5.41) is -0.632. The van der Waals surface area contributed by atoms with Gasteiger partial charge in [0.2, 0.25) is 5.78 Å². The van der Waals surface area contributed by atoms with Gasteiger partial charge in [0.05, 0.1) is 5.02 Å². The molecule has 0 heterocycles. The molecule has 0 bridgehead atoms. The van der Waals surface area contributed by atoms with Gasteiger partial charge < -0.3 is 0 Å². The maximum atomic E-state index is 13.3. The second kappa shape index (κ2) is 4.91. The highest BCUT2D eigenvalue weighted by Crippen LogP contribution is 2.48. The van der Waals surface area contributed by atoms with Crippen LogP contribution in [0.25, 0.3) is 0 Å². The topological polar surface area (TPSA) is 17.1 Å². The van der Waals surface area contributed by atoms with Crippen molar-refractivity contribution < 1.29 is 35.5 Å². The van der Waals surface area contributed by atoms with Gasteiger partial charge in [-0.25, -0.2) is 0 Å². The molecule has 1 rings (SSSR count). The molecule has 0 aliphatic carbocycles. The van der Waals surface area contributed by atoms with Gasteiger partial charge in [0, 0.05) is 5.56 Å². The van der Waals surface area contributed by atoms with E-state index in [-0.39, 0.29) is 5.56 Å². The fourth-order valence-electron chi connectivity index (χ4n) is 1.40. The first kappa shape index (κ1) is 16.7. The Morgan fingerprint density at radius 1 is 1.05 bits per heavy atom. The summed E-state index contributed by atoms with van der Waals surface area (Å²) >= 11 is 5.41. The third kappa shape index (κ3) is 2.48. The molecule has 0 aliphatic rings. The van der Waals surface area contributed by atoms with E-state index in [1.807, 2.05) is 0 Å². The summed E-state index contributed by atoms with van der Waals surface area (Å²) in [6.07, 6.45) is -6.57. The van der Waals surface area contributed by atoms with Gasteiger partial charge in [0.1, 0.15) is 0 Å². The highest BCUT2D eigenvalue weighted by atomic mass is 35.5. The lowest BCUT2D eigenvalue weighted by Crippen LogP contribution is -2.56. The Kier molecular flexibility index (Phi) is 4.11. The van der Waals surface area contributed by atoms with E-state index in [0.29, 0.717) is 0 Å². The standard InChI is InChI=1S/C11H6ClF7O/c1-5-3-2-4-6(12)7(5)8(20)9(13,14)10(15,16)11(17,18)19/h2-4H,1H3. The summed E-state index contributed by atoms with van der Waals surface area (Å²) in [7, 11) is 0. The molecule has 0 saturated carbocycles. The van der Waals surface area contributed by atoms with Crippen LogP contribution >= 0.6 is 11.6 Å². The number of carbonyl (C=O) groups is 1. The molecule has 1 nitrogen and oxygen atoms in total. The molecule has 0 fully saturated rings. The second-order valence-corrected chi connectivity index (χ2v) is 4.31. The molecule has 20 heavy (non-hydrogen) atoms. The van der Waals surface area contributed by atoms with E-state index in [2.05, 4.69) is 0 Å². The van der Waals surface area contributed by atoms with Crippen molar-refractivity contribution in [3.63, 3.8) is 0 Å². The van der Waals surface area contributed by atoms with Crippen LogP contribution in [-0.4, -0.2) is 23.8 Å². The number of aryl methyl sites for hydroxylation is 1. The zero-order valence-corrected chi connectivity index (χ0v) is 10.4. The zero-order valence-electron chi connectivity index (χ0n) is 9.66. The highest BCUT2D eigenvalue weighted by Gasteiger charge is 2.76. The minimum absolute atomic E-state index is 0.236. The van der Waals surface area contributed by atoms with Crippen molar-refractivity contribution in [1.29, 1.82) is 0 Å². The molecule has 0 amide bonds. The first-order chi connectivity index (χ1) is 8.84. The van der Waals surface area contributed by atoms with Crippen molar-refractivity contribution in [2.45, 2.75) is 24.9 Å². The van der Waals surface area contributed by atoms with Gasteiger partial charge in [-0.3, -0.25) is 4.79 Å². The van der Waals surface area contributed by atoms with Crippen molar-refractivity contribution in [1.82, 2.24) is 0 Å². The average Bonchev–Trinajstić information content (AvgIpc) is 2.26. The van der Waals surface area contributed by atoms with Gasteiger partial charge in [-0.15, -0.1) is 0 Å². The molecule has 112 valence electrons. The Morgan fingerprint density at radius 2 is 1.55 bits per heavy atom. The van der Waals surface area contributed by atoms with Crippen LogP contribution in [0.4, 0.5) is 30.7 Å². The Labute approximate surface area is 113 Å². The molecule has 1 aromatic carbocycles. The van der Waals surface area contributed by atoms with Crippen LogP contribution < -0.4 is 0 Å². The summed E-state index contributed by atoms with van der Waals surface area (Å²) in [5.41, 5.74) is -1.30. The molecule has 0 unspecified atom stereocenters. The SMILES string of the molecule is Cc1cccc(Cl)c1C(=O)C(F)(F)C(F)(F)C(F)(F)F. The minimum atomic E-state index is -6.57. The summed E-state index contributed by atoms with van der Waals surface area (Å²) in [6, 6.07) is 3.25. The van der Waals surface area contributed by atoms with Gasteiger partial charge in [0.25, 0.3) is 0 Å². The molecule has 1 aromatic rings. The van der Waals surface area contributed by atoms with Gasteiger partial charge in [-0.2, -0.15) is 30.7 Å². The van der Waals surface area contributed by atoms with Gasteiger partial charge in [0.15, 0.2) is 0 Å². The molecule has 0 aliphatic heterocycles. The fourth-order valence-corrected chi connectivity index (χ4v) is 1.70. The first-order valence-electron chi connectivity index (χ1n) is 4.96. The zero-order chi connectivity index (χ0) is 15.9. The van der Waals surface area contributed by atoms with E-state index in [4.69, 9.17) is 11.6 Å². The van der Waals surface area contributed by atoms with Crippen LogP contribution in [0.15, 0.2) is 18.2 Å². The predicted molar refractivity (Wildman–Crippen MR) is 56.5 cm³/mol. The van der Waals surface area contributed by atoms with Crippen molar-refractivity contribution in [2.75, 3.05) is 0 Å². The summed E-state index contributed by atoms with van der Waals surface area (Å²) in [4.78, 5) is 11.4. The first-order valence-corrected chi connectivity index (χ1v) is 5.34. The van der Waals surface area contributed by atoms with Crippen molar-refractivity contribution >= 4 is 17.4 Å². The van der Waals surface area contributed by atoms with Gasteiger partial charge in [-0.05, 0) is 18.6 Å². The molecule has 0 atom stereocenters. The van der Waals surface area contributed by atoms with Crippen LogP contribution in [0, 0.1) is 6.92 Å². The quantitative estimate of drug-likeness (QED) is 0.584. The van der Waals surface area contributed by atoms with Gasteiger partial charge in [-0.1, -0.05) is 23.7 Å². The number of benzene rings is 1. The molecule has 0 aromatic heterocycles. The number of carbonyl (C=O) groups excluding carboxylic acids is 1. The van der Waals surface area contributed by atoms with Crippen LogP contribution in [0.1, 0.15) is 15.9 Å². The Balaban J connectivity index is 3.40. The number of hydrogen-bond acceptors (Lipinski definition) is 1. The average molecular weight is 323 g/mol. The smallest absolute Gasteiger partial charge is 0.287 e. The lowest BCUT2D eigenvalue weighted by atomic mass is 9.96. The highest BCUT2D eigenvalue weighted by molar-refractivity contribution is 6.34. The normalized spacial score (nSPS) is 13.4. The summed E-state index contributed by atoms with van der Waals surface area (Å²) in [5.74, 6) is -15.1. The molecular formula is C11H6ClF7O. The third-order valence-corrected chi connectivity index (χ3v) is 2.80. The Bertz CT molecular complexity index is 516. The fraction of sp³-hybridized carbons (Fsp3) is 0.364. The molecule has 0 N–H and O–H groups in total. The predicted octanol–water partition coefficient (Wildman–Crippen LogP) is 4.66. The van der Waals surface area contributed by atoms with E-state index in [1.165, 1.54) is 6.07 Å². The van der Waals surface area contributed by atoms with Crippen molar-refractivity contribution in [3.05, 3.63) is 34.3 Å². The molecule has 0 radical (unpaired) electrons. The van der Waals surface area contributed by atoms with Gasteiger partial charge >= 0.3 is 18.0 Å². The minimum Gasteiger partial charge on any atom is -0.287 e. The molecule has 0 spiro atoms. The van der Waals surface area contributed by atoms with Crippen molar-refractivity contribution in [3.8, 4) is 0 Å². The van der Waals surface area contributed by atoms with E-state index in [1.54, 1.807) is 0 Å². The molecule has 0 saturated heterocycles. The monoisotopic (exact) mass is 322 g/mol. The van der Waals surface area contributed by atoms with E-state index in [9.17, 15) is 35.5 Å².